The van der Waals surface area contributed by atoms with Crippen molar-refractivity contribution in [1.82, 2.24) is 0 Å². The van der Waals surface area contributed by atoms with Crippen molar-refractivity contribution >= 4 is 26.8 Å². The van der Waals surface area contributed by atoms with Crippen LogP contribution in [0, 0.1) is 0 Å². The van der Waals surface area contributed by atoms with Gasteiger partial charge in [0.25, 0.3) is 0 Å². The zero-order valence-corrected chi connectivity index (χ0v) is 13.3. The first-order valence-corrected chi connectivity index (χ1v) is 6.18. The van der Waals surface area contributed by atoms with E-state index in [0.29, 0.717) is 0 Å². The Morgan fingerprint density at radius 1 is 1.20 bits per heavy atom. The van der Waals surface area contributed by atoms with Crippen LogP contribution in [0.3, 0.4) is 0 Å². The fourth-order valence-corrected chi connectivity index (χ4v) is 2.57. The van der Waals surface area contributed by atoms with Gasteiger partial charge in [-0.25, -0.2) is 0 Å². The van der Waals surface area contributed by atoms with E-state index in [0.717, 1.165) is 0 Å². The Balaban J connectivity index is -0.000000202. The molecule has 0 amide bonds. The van der Waals surface area contributed by atoms with E-state index in [9.17, 15) is 23.8 Å². The molecule has 2 unspecified atom stereocenters. The minimum absolute atomic E-state index is 0. The van der Waals surface area contributed by atoms with Crippen LogP contribution in [0.15, 0.2) is 0 Å². The minimum Gasteiger partial charge on any atom is -0.809 e. The van der Waals surface area contributed by atoms with E-state index in [4.69, 9.17) is 16.7 Å². The zero-order chi connectivity index (χ0) is 9.99. The van der Waals surface area contributed by atoms with E-state index in [1.165, 1.54) is 0 Å². The molecule has 13 heteroatoms. The van der Waals surface area contributed by atoms with Crippen LogP contribution in [0.2, 0.25) is 0 Å². The number of aliphatic hydroxyl groups excluding tert-OH is 1. The second kappa shape index (κ2) is 10.7. The van der Waals surface area contributed by atoms with Gasteiger partial charge in [0, 0.05) is 0 Å². The van der Waals surface area contributed by atoms with E-state index >= 15 is 0 Å². The standard InChI is InChI=1S/C2H7ClO7P2.3Ag/c3-1-10-12(8,9)2(4)11(5,6)7;;;/h2,4H,1H2,(H,8,9)(H2,5,6,7);;;/q;3*+1/p-3. The molecule has 1 N–H and O–H groups in total. The van der Waals surface area contributed by atoms with Crippen molar-refractivity contribution in [3.05, 3.63) is 0 Å². The maximum Gasteiger partial charge on any atom is 1.00 e. The number of alkyl halides is 1. The summed E-state index contributed by atoms with van der Waals surface area (Å²) in [7, 11) is -10.7. The summed E-state index contributed by atoms with van der Waals surface area (Å²) in [5.74, 6) is 0. The molecule has 2 atom stereocenters. The first-order valence-electron chi connectivity index (χ1n) is 2.43. The molecule has 0 fully saturated rings. The average molecular weight is 561 g/mol. The summed E-state index contributed by atoms with van der Waals surface area (Å²) in [5, 5.41) is 8.40. The molecule has 0 aromatic carbocycles. The molecule has 0 bridgehead atoms. The first-order chi connectivity index (χ1) is 5.22. The molecule has 15 heavy (non-hydrogen) atoms. The Morgan fingerprint density at radius 2 is 1.53 bits per heavy atom. The van der Waals surface area contributed by atoms with E-state index in [1.807, 2.05) is 0 Å². The quantitative estimate of drug-likeness (QED) is 0.237. The van der Waals surface area contributed by atoms with Crippen LogP contribution in [0.5, 0.6) is 0 Å². The van der Waals surface area contributed by atoms with Crippen molar-refractivity contribution in [1.29, 1.82) is 0 Å². The van der Waals surface area contributed by atoms with Gasteiger partial charge in [-0.1, -0.05) is 11.6 Å². The molecular weight excluding hydrogens is 557 g/mol. The molecular formula is C2H4Ag3ClO7P2. The Kier molecular flexibility index (Phi) is 18.8. The third kappa shape index (κ3) is 10.4. The van der Waals surface area contributed by atoms with Gasteiger partial charge in [-0.15, -0.1) is 0 Å². The van der Waals surface area contributed by atoms with E-state index in [1.54, 1.807) is 0 Å². The summed E-state index contributed by atoms with van der Waals surface area (Å²) in [6.45, 7) is 0. The fraction of sp³-hybridized carbons (Fsp3) is 1.00. The summed E-state index contributed by atoms with van der Waals surface area (Å²) in [6, 6.07) is -0.863. The maximum atomic E-state index is 10.5. The Morgan fingerprint density at radius 3 is 1.73 bits per heavy atom. The molecule has 0 saturated heterocycles. The van der Waals surface area contributed by atoms with Gasteiger partial charge in [-0.2, -0.15) is 0 Å². The van der Waals surface area contributed by atoms with E-state index < -0.39 is 26.8 Å². The normalized spacial score (nSPS) is 16.1. The Hall–Kier alpha value is 2.77. The SMILES string of the molecule is O=P([O-])([O-])C(O)P(=O)([O-])OCCl.[Ag+].[Ag+].[Ag+]. The van der Waals surface area contributed by atoms with Crippen molar-refractivity contribution < 1.29 is 101 Å². The molecule has 0 radical (unpaired) electrons. The second-order valence-electron chi connectivity index (χ2n) is 1.66. The summed E-state index contributed by atoms with van der Waals surface area (Å²) >= 11 is 4.78. The Bertz CT molecular complexity index is 244. The monoisotopic (exact) mass is 558 g/mol. The van der Waals surface area contributed by atoms with Crippen LogP contribution < -0.4 is 14.7 Å². The van der Waals surface area contributed by atoms with Gasteiger partial charge in [0.1, 0.15) is 11.7 Å². The van der Waals surface area contributed by atoms with Crippen molar-refractivity contribution in [2.24, 2.45) is 0 Å². The van der Waals surface area contributed by atoms with Gasteiger partial charge in [0.2, 0.25) is 0 Å². The topological polar surface area (TPSA) is 133 Å². The van der Waals surface area contributed by atoms with Crippen LogP contribution in [-0.4, -0.2) is 16.8 Å². The molecule has 0 spiro atoms. The molecule has 0 aliphatic rings. The van der Waals surface area contributed by atoms with Crippen molar-refractivity contribution in [2.75, 3.05) is 6.07 Å². The largest absolute Gasteiger partial charge is 1.00 e. The average Bonchev–Trinajstić information content (AvgIpc) is 1.84. The van der Waals surface area contributed by atoms with Crippen molar-refractivity contribution in [2.45, 2.75) is 5.59 Å². The van der Waals surface area contributed by atoms with Crippen LogP contribution >= 0.6 is 26.8 Å². The number of aliphatic hydroxyl groups is 1. The zero-order valence-electron chi connectivity index (χ0n) is 6.36. The molecule has 104 valence electrons. The smallest absolute Gasteiger partial charge is 0.809 e. The summed E-state index contributed by atoms with van der Waals surface area (Å²) < 4.78 is 24.1. The molecule has 0 saturated carbocycles. The second-order valence-corrected chi connectivity index (χ2v) is 5.69. The van der Waals surface area contributed by atoms with Gasteiger partial charge in [-0.3, -0.25) is 0 Å². The summed E-state index contributed by atoms with van der Waals surface area (Å²) in [6.07, 6.45) is 0. The van der Waals surface area contributed by atoms with Gasteiger partial charge < -0.3 is 33.4 Å². The predicted octanol–water partition coefficient (Wildman–Crippen LogP) is -2.07. The minimum atomic E-state index is -5.61. The summed E-state index contributed by atoms with van der Waals surface area (Å²) in [4.78, 5) is 30.4. The summed E-state index contributed by atoms with van der Waals surface area (Å²) in [5.41, 5.74) is -3.08. The van der Waals surface area contributed by atoms with Crippen LogP contribution in [0.25, 0.3) is 0 Å². The fourth-order valence-electron chi connectivity index (χ4n) is 0.308. The predicted molar refractivity (Wildman–Crippen MR) is 33.0 cm³/mol. The van der Waals surface area contributed by atoms with Gasteiger partial charge in [0.05, 0.1) is 0 Å². The number of halogens is 1. The number of rotatable bonds is 4. The van der Waals surface area contributed by atoms with Crippen molar-refractivity contribution in [3.8, 4) is 0 Å². The molecule has 0 aliphatic heterocycles. The van der Waals surface area contributed by atoms with E-state index in [-0.39, 0.29) is 67.1 Å². The molecule has 0 aromatic heterocycles. The third-order valence-corrected chi connectivity index (χ3v) is 4.37. The van der Waals surface area contributed by atoms with Crippen LogP contribution in [0.1, 0.15) is 0 Å². The molecule has 0 heterocycles. The van der Waals surface area contributed by atoms with Crippen LogP contribution in [-0.2, 0) is 80.8 Å². The van der Waals surface area contributed by atoms with E-state index in [2.05, 4.69) is 4.52 Å². The number of hydrogen-bond donors (Lipinski definition) is 1. The molecule has 0 aromatic rings. The van der Waals surface area contributed by atoms with Crippen LogP contribution in [0.4, 0.5) is 0 Å². The molecule has 7 nitrogen and oxygen atoms in total. The van der Waals surface area contributed by atoms with Gasteiger partial charge in [0.15, 0.2) is 7.60 Å². The maximum absolute atomic E-state index is 10.5. The first kappa shape index (κ1) is 26.4. The van der Waals surface area contributed by atoms with Gasteiger partial charge >= 0.3 is 67.1 Å². The Labute approximate surface area is 138 Å². The van der Waals surface area contributed by atoms with Crippen molar-refractivity contribution in [3.63, 3.8) is 0 Å². The third-order valence-electron chi connectivity index (χ3n) is 0.794. The molecule has 0 aliphatic carbocycles. The van der Waals surface area contributed by atoms with Gasteiger partial charge in [-0.05, 0) is 7.60 Å². The number of hydrogen-bond acceptors (Lipinski definition) is 7. The molecule has 0 rings (SSSR count).